The molecule has 0 aliphatic heterocycles. The molecule has 142 valence electrons. The Bertz CT molecular complexity index is 568. The molecule has 3 atom stereocenters. The second-order valence-corrected chi connectivity index (χ2v) is 8.38. The largest absolute Gasteiger partial charge is 0.466 e. The smallest absolute Gasteiger partial charge is 0.330 e. The number of fused-ring (bicyclic) bond motifs is 2. The van der Waals surface area contributed by atoms with Crippen LogP contribution in [0.1, 0.15) is 73.6 Å². The minimum Gasteiger partial charge on any atom is -0.466 e. The summed E-state index contributed by atoms with van der Waals surface area (Å²) in [5.74, 6) is -0.628. The maximum absolute atomic E-state index is 12.4. The first kappa shape index (κ1) is 19.9. The zero-order valence-electron chi connectivity index (χ0n) is 16.6. The summed E-state index contributed by atoms with van der Waals surface area (Å²) in [6, 6.07) is -0.616. The molecule has 0 amide bonds. The molecule has 5 heteroatoms. The zero-order valence-corrected chi connectivity index (χ0v) is 16.6. The van der Waals surface area contributed by atoms with Crippen molar-refractivity contribution in [3.63, 3.8) is 0 Å². The Morgan fingerprint density at radius 1 is 1.08 bits per heavy atom. The van der Waals surface area contributed by atoms with Gasteiger partial charge >= 0.3 is 11.9 Å². The highest BCUT2D eigenvalue weighted by atomic mass is 16.5. The summed E-state index contributed by atoms with van der Waals surface area (Å²) in [6.45, 7) is 13.5. The molecule has 2 fully saturated rings. The number of hydrogen-bond acceptors (Lipinski definition) is 5. The standard InChI is InChI=1S/C20H33NO4/c1-7-24-16(22)10-9-14(17(23)25-8-2)21-15-13-19(5)11-12-20(15,6)18(19,3)4/h14H,7-13H2,1-6H3/t14-,19+,20-/m0/s1. The lowest BCUT2D eigenvalue weighted by molar-refractivity contribution is -0.146. The molecular formula is C20H33NO4. The van der Waals surface area contributed by atoms with Crippen LogP contribution in [0.4, 0.5) is 0 Å². The third-order valence-electron chi connectivity index (χ3n) is 7.06. The van der Waals surface area contributed by atoms with Crippen molar-refractivity contribution in [3.8, 4) is 0 Å². The average Bonchev–Trinajstić information content (AvgIpc) is 2.80. The molecule has 0 saturated heterocycles. The van der Waals surface area contributed by atoms with Crippen molar-refractivity contribution >= 4 is 17.7 Å². The Hall–Kier alpha value is -1.39. The highest BCUT2D eigenvalue weighted by Gasteiger charge is 2.66. The van der Waals surface area contributed by atoms with Gasteiger partial charge in [-0.2, -0.15) is 0 Å². The first-order chi connectivity index (χ1) is 11.6. The average molecular weight is 351 g/mol. The van der Waals surface area contributed by atoms with E-state index in [1.807, 2.05) is 0 Å². The van der Waals surface area contributed by atoms with Crippen LogP contribution in [0, 0.1) is 16.2 Å². The van der Waals surface area contributed by atoms with Crippen LogP contribution in [-0.4, -0.2) is 36.9 Å². The van der Waals surface area contributed by atoms with Gasteiger partial charge in [0.15, 0.2) is 0 Å². The van der Waals surface area contributed by atoms with E-state index in [-0.39, 0.29) is 34.6 Å². The number of rotatable bonds is 7. The molecule has 2 saturated carbocycles. The molecule has 0 N–H and O–H groups in total. The SMILES string of the molecule is CCOC(=O)CC[C@H](N=C1C[C@@]2(C)CC[C@]1(C)C2(C)C)C(=O)OCC. The van der Waals surface area contributed by atoms with Gasteiger partial charge in [0, 0.05) is 17.5 Å². The van der Waals surface area contributed by atoms with Gasteiger partial charge in [0.25, 0.3) is 0 Å². The van der Waals surface area contributed by atoms with E-state index in [4.69, 9.17) is 14.5 Å². The number of esters is 2. The Labute approximate surface area is 151 Å². The Balaban J connectivity index is 2.22. The first-order valence-electron chi connectivity index (χ1n) is 9.50. The zero-order chi connectivity index (χ0) is 18.9. The molecule has 5 nitrogen and oxygen atoms in total. The summed E-state index contributed by atoms with van der Waals surface area (Å²) >= 11 is 0. The third kappa shape index (κ3) is 3.34. The van der Waals surface area contributed by atoms with Gasteiger partial charge < -0.3 is 9.47 Å². The van der Waals surface area contributed by atoms with Gasteiger partial charge in [0.2, 0.25) is 0 Å². The fraction of sp³-hybridized carbons (Fsp3) is 0.850. The maximum Gasteiger partial charge on any atom is 0.330 e. The number of ether oxygens (including phenoxy) is 2. The quantitative estimate of drug-likeness (QED) is 0.652. The molecule has 0 aromatic rings. The fourth-order valence-electron chi connectivity index (χ4n) is 4.53. The summed E-state index contributed by atoms with van der Waals surface area (Å²) < 4.78 is 10.2. The van der Waals surface area contributed by atoms with E-state index >= 15 is 0 Å². The summed E-state index contributed by atoms with van der Waals surface area (Å²) in [5.41, 5.74) is 1.50. The van der Waals surface area contributed by atoms with Crippen LogP contribution >= 0.6 is 0 Å². The van der Waals surface area contributed by atoms with E-state index in [9.17, 15) is 9.59 Å². The summed E-state index contributed by atoms with van der Waals surface area (Å²) in [5, 5.41) is 0. The van der Waals surface area contributed by atoms with E-state index in [0.29, 0.717) is 19.6 Å². The highest BCUT2D eigenvalue weighted by Crippen LogP contribution is 2.70. The predicted molar refractivity (Wildman–Crippen MR) is 97.6 cm³/mol. The Kier molecular flexibility index (Phi) is 5.65. The predicted octanol–water partition coefficient (Wildman–Crippen LogP) is 3.94. The highest BCUT2D eigenvalue weighted by molar-refractivity contribution is 5.96. The first-order valence-corrected chi connectivity index (χ1v) is 9.50. The van der Waals surface area contributed by atoms with Crippen molar-refractivity contribution in [3.05, 3.63) is 0 Å². The van der Waals surface area contributed by atoms with Crippen molar-refractivity contribution in [1.29, 1.82) is 0 Å². The number of aliphatic imine (C=N–C) groups is 1. The molecule has 0 aromatic carbocycles. The summed E-state index contributed by atoms with van der Waals surface area (Å²) in [6.07, 6.45) is 3.75. The normalized spacial score (nSPS) is 32.6. The van der Waals surface area contributed by atoms with E-state index in [2.05, 4.69) is 27.7 Å². The van der Waals surface area contributed by atoms with Crippen molar-refractivity contribution in [2.75, 3.05) is 13.2 Å². The van der Waals surface area contributed by atoms with Crippen LogP contribution in [0.25, 0.3) is 0 Å². The summed E-state index contributed by atoms with van der Waals surface area (Å²) in [7, 11) is 0. The lowest BCUT2D eigenvalue weighted by atomic mass is 9.66. The number of carbonyl (C=O) groups is 2. The molecule has 25 heavy (non-hydrogen) atoms. The van der Waals surface area contributed by atoms with Gasteiger partial charge in [-0.15, -0.1) is 0 Å². The van der Waals surface area contributed by atoms with E-state index in [0.717, 1.165) is 18.6 Å². The van der Waals surface area contributed by atoms with E-state index in [1.54, 1.807) is 13.8 Å². The molecule has 2 aliphatic rings. The van der Waals surface area contributed by atoms with Crippen LogP contribution in [0.15, 0.2) is 4.99 Å². The van der Waals surface area contributed by atoms with Crippen LogP contribution in [0.2, 0.25) is 0 Å². The Morgan fingerprint density at radius 3 is 2.20 bits per heavy atom. The molecule has 0 radical (unpaired) electrons. The third-order valence-corrected chi connectivity index (χ3v) is 7.06. The van der Waals surface area contributed by atoms with E-state index < -0.39 is 6.04 Å². The van der Waals surface area contributed by atoms with E-state index in [1.165, 1.54) is 6.42 Å². The second-order valence-electron chi connectivity index (χ2n) is 8.38. The molecule has 2 bridgehead atoms. The minimum atomic E-state index is -0.616. The number of hydrogen-bond donors (Lipinski definition) is 0. The van der Waals surface area contributed by atoms with Crippen molar-refractivity contribution in [1.82, 2.24) is 0 Å². The molecule has 0 heterocycles. The second kappa shape index (κ2) is 7.08. The molecule has 0 spiro atoms. The lowest BCUT2D eigenvalue weighted by Gasteiger charge is -2.38. The van der Waals surface area contributed by atoms with Crippen molar-refractivity contribution in [2.45, 2.75) is 79.7 Å². The van der Waals surface area contributed by atoms with Gasteiger partial charge in [-0.3, -0.25) is 9.79 Å². The monoisotopic (exact) mass is 351 g/mol. The van der Waals surface area contributed by atoms with Crippen LogP contribution in [0.3, 0.4) is 0 Å². The maximum atomic E-state index is 12.4. The topological polar surface area (TPSA) is 65.0 Å². The van der Waals surface area contributed by atoms with Gasteiger partial charge in [0.1, 0.15) is 6.04 Å². The Morgan fingerprint density at radius 2 is 1.72 bits per heavy atom. The van der Waals surface area contributed by atoms with Gasteiger partial charge in [-0.05, 0) is 50.4 Å². The molecular weight excluding hydrogens is 318 g/mol. The molecule has 2 aliphatic carbocycles. The van der Waals surface area contributed by atoms with Crippen LogP contribution < -0.4 is 0 Å². The molecule has 2 rings (SSSR count). The van der Waals surface area contributed by atoms with Gasteiger partial charge in [0.05, 0.1) is 13.2 Å². The minimum absolute atomic E-state index is 0.0103. The van der Waals surface area contributed by atoms with Crippen molar-refractivity contribution in [2.24, 2.45) is 21.2 Å². The van der Waals surface area contributed by atoms with Gasteiger partial charge in [-0.25, -0.2) is 4.79 Å². The molecule has 0 unspecified atom stereocenters. The van der Waals surface area contributed by atoms with Gasteiger partial charge in [-0.1, -0.05) is 27.7 Å². The van der Waals surface area contributed by atoms with Crippen LogP contribution in [0.5, 0.6) is 0 Å². The summed E-state index contributed by atoms with van der Waals surface area (Å²) in [4.78, 5) is 28.9. The van der Waals surface area contributed by atoms with Crippen LogP contribution in [-0.2, 0) is 19.1 Å². The fourth-order valence-corrected chi connectivity index (χ4v) is 4.53. The number of carbonyl (C=O) groups excluding carboxylic acids is 2. The molecule has 0 aromatic heterocycles. The van der Waals surface area contributed by atoms with Crippen molar-refractivity contribution < 1.29 is 19.1 Å². The number of nitrogens with zero attached hydrogens (tertiary/aromatic N) is 1. The lowest BCUT2D eigenvalue weighted by Crippen LogP contribution is -2.35.